The van der Waals surface area contributed by atoms with Crippen LogP contribution in [0.25, 0.3) is 0 Å². The molecule has 4 amide bonds. The van der Waals surface area contributed by atoms with Gasteiger partial charge in [0.2, 0.25) is 23.6 Å². The molecule has 13 heteroatoms. The number of aliphatic hydroxyl groups excluding tert-OH is 1. The molecule has 4 atom stereocenters. The summed E-state index contributed by atoms with van der Waals surface area (Å²) >= 11 is 3.81. The third kappa shape index (κ3) is 8.54. The molecule has 9 N–H and O–H groups in total. The minimum Gasteiger partial charge on any atom is -0.480 e. The van der Waals surface area contributed by atoms with Gasteiger partial charge >= 0.3 is 5.97 Å². The normalized spacial score (nSPS) is 15.1. The van der Waals surface area contributed by atoms with Crippen molar-refractivity contribution in [2.75, 3.05) is 12.4 Å². The van der Waals surface area contributed by atoms with Crippen molar-refractivity contribution < 1.29 is 34.2 Å². The van der Waals surface area contributed by atoms with Crippen molar-refractivity contribution in [3.63, 3.8) is 0 Å². The van der Waals surface area contributed by atoms with E-state index in [0.29, 0.717) is 0 Å². The first-order valence-electron chi connectivity index (χ1n) is 8.34. The second-order valence-electron chi connectivity index (χ2n) is 6.33. The molecular weight excluding hydrogens is 394 g/mol. The van der Waals surface area contributed by atoms with Gasteiger partial charge in [-0.1, -0.05) is 13.8 Å². The van der Waals surface area contributed by atoms with Crippen LogP contribution in [0.4, 0.5) is 0 Å². The molecule has 0 rings (SSSR count). The van der Waals surface area contributed by atoms with E-state index < -0.39 is 72.7 Å². The largest absolute Gasteiger partial charge is 0.480 e. The highest BCUT2D eigenvalue weighted by atomic mass is 32.1. The van der Waals surface area contributed by atoms with Crippen LogP contribution in [0.15, 0.2) is 0 Å². The summed E-state index contributed by atoms with van der Waals surface area (Å²) in [6.45, 7) is 2.59. The zero-order valence-electron chi connectivity index (χ0n) is 15.5. The maximum Gasteiger partial charge on any atom is 0.327 e. The van der Waals surface area contributed by atoms with E-state index in [0.717, 1.165) is 0 Å². The van der Waals surface area contributed by atoms with Crippen LogP contribution in [0.3, 0.4) is 0 Å². The van der Waals surface area contributed by atoms with Crippen molar-refractivity contribution in [1.29, 1.82) is 0 Å². The van der Waals surface area contributed by atoms with Gasteiger partial charge in [-0.05, 0) is 5.92 Å². The average Bonchev–Trinajstić information content (AvgIpc) is 2.61. The number of thiol groups is 1. The Labute approximate surface area is 167 Å². The highest BCUT2D eigenvalue weighted by molar-refractivity contribution is 7.80. The molecule has 0 aromatic heterocycles. The molecule has 0 fully saturated rings. The number of nitrogens with two attached hydrogens (primary N) is 2. The van der Waals surface area contributed by atoms with Gasteiger partial charge in [0.05, 0.1) is 13.0 Å². The quantitative estimate of drug-likeness (QED) is 0.146. The van der Waals surface area contributed by atoms with Gasteiger partial charge in [-0.15, -0.1) is 0 Å². The molecule has 0 saturated heterocycles. The molecule has 12 nitrogen and oxygen atoms in total. The second kappa shape index (κ2) is 12.2. The van der Waals surface area contributed by atoms with Gasteiger partial charge in [0.1, 0.15) is 24.2 Å². The van der Waals surface area contributed by atoms with Crippen LogP contribution in [0.1, 0.15) is 20.3 Å². The van der Waals surface area contributed by atoms with Crippen molar-refractivity contribution in [1.82, 2.24) is 16.0 Å². The summed E-state index contributed by atoms with van der Waals surface area (Å²) in [7, 11) is 0. The van der Waals surface area contributed by atoms with Crippen molar-refractivity contribution >= 4 is 42.2 Å². The number of hydrogen-bond acceptors (Lipinski definition) is 8. The first-order chi connectivity index (χ1) is 12.9. The van der Waals surface area contributed by atoms with E-state index in [-0.39, 0.29) is 5.75 Å². The number of rotatable bonds is 12. The lowest BCUT2D eigenvalue weighted by Gasteiger charge is -2.26. The highest BCUT2D eigenvalue weighted by Gasteiger charge is 2.32. The number of hydrogen-bond donors (Lipinski definition) is 8. The lowest BCUT2D eigenvalue weighted by atomic mass is 10.0. The summed E-state index contributed by atoms with van der Waals surface area (Å²) in [6, 6.07) is -5.18. The molecule has 0 saturated carbocycles. The van der Waals surface area contributed by atoms with Crippen LogP contribution in [-0.2, 0) is 24.0 Å². The average molecular weight is 421 g/mol. The number of nitrogens with one attached hydrogen (secondary N) is 3. The number of carbonyl (C=O) groups excluding carboxylic acids is 4. The van der Waals surface area contributed by atoms with Crippen LogP contribution in [0.2, 0.25) is 0 Å². The SMILES string of the molecule is CC(C)C(NC(=O)C(N)CO)C(=O)NC(CC(N)=O)C(=O)NC(CS)C(=O)O. The Morgan fingerprint density at radius 1 is 0.964 bits per heavy atom. The number of carboxylic acid groups (broad SMARTS) is 1. The number of aliphatic hydroxyl groups is 1. The van der Waals surface area contributed by atoms with Gasteiger partial charge in [0.25, 0.3) is 0 Å². The fourth-order valence-electron chi connectivity index (χ4n) is 2.01. The van der Waals surface area contributed by atoms with Crippen LogP contribution < -0.4 is 27.4 Å². The van der Waals surface area contributed by atoms with E-state index in [1.54, 1.807) is 13.8 Å². The molecule has 160 valence electrons. The summed E-state index contributed by atoms with van der Waals surface area (Å²) in [4.78, 5) is 58.9. The molecule has 0 aliphatic heterocycles. The predicted molar refractivity (Wildman–Crippen MR) is 101 cm³/mol. The van der Waals surface area contributed by atoms with Gasteiger partial charge in [-0.25, -0.2) is 4.79 Å². The van der Waals surface area contributed by atoms with E-state index >= 15 is 0 Å². The second-order valence-corrected chi connectivity index (χ2v) is 6.70. The number of amides is 4. The topological polar surface area (TPSA) is 214 Å². The summed E-state index contributed by atoms with van der Waals surface area (Å²) in [5.74, 6) is -5.46. The van der Waals surface area contributed by atoms with E-state index in [1.807, 2.05) is 0 Å². The van der Waals surface area contributed by atoms with Gasteiger partial charge in [-0.3, -0.25) is 19.2 Å². The summed E-state index contributed by atoms with van der Waals surface area (Å²) < 4.78 is 0. The van der Waals surface area contributed by atoms with Crippen molar-refractivity contribution in [3.8, 4) is 0 Å². The molecule has 28 heavy (non-hydrogen) atoms. The van der Waals surface area contributed by atoms with Gasteiger partial charge in [0, 0.05) is 5.75 Å². The fourth-order valence-corrected chi connectivity index (χ4v) is 2.26. The highest BCUT2D eigenvalue weighted by Crippen LogP contribution is 2.05. The summed E-state index contributed by atoms with van der Waals surface area (Å²) in [5, 5.41) is 24.7. The molecule has 0 radical (unpaired) electrons. The van der Waals surface area contributed by atoms with Crippen LogP contribution in [-0.4, -0.2) is 76.3 Å². The number of carbonyl (C=O) groups is 5. The Hall–Kier alpha value is -2.38. The molecular formula is C15H27N5O7S. The molecule has 0 spiro atoms. The smallest absolute Gasteiger partial charge is 0.327 e. The van der Waals surface area contributed by atoms with Gasteiger partial charge in [0.15, 0.2) is 0 Å². The van der Waals surface area contributed by atoms with E-state index in [9.17, 15) is 24.0 Å². The number of carboxylic acids is 1. The molecule has 0 aromatic carbocycles. The molecule has 0 aliphatic carbocycles. The first kappa shape index (κ1) is 25.6. The monoisotopic (exact) mass is 421 g/mol. The molecule has 0 aliphatic rings. The molecule has 0 heterocycles. The first-order valence-corrected chi connectivity index (χ1v) is 8.97. The van der Waals surface area contributed by atoms with Crippen LogP contribution >= 0.6 is 12.6 Å². The Morgan fingerprint density at radius 3 is 1.89 bits per heavy atom. The van der Waals surface area contributed by atoms with Crippen molar-refractivity contribution in [2.45, 2.75) is 44.4 Å². The van der Waals surface area contributed by atoms with Crippen molar-refractivity contribution in [2.24, 2.45) is 17.4 Å². The Morgan fingerprint density at radius 2 is 1.50 bits per heavy atom. The fraction of sp³-hybridized carbons (Fsp3) is 0.667. The minimum atomic E-state index is -1.46. The maximum atomic E-state index is 12.5. The molecule has 0 bridgehead atoms. The number of aliphatic carboxylic acids is 1. The van der Waals surface area contributed by atoms with Crippen LogP contribution in [0.5, 0.6) is 0 Å². The van der Waals surface area contributed by atoms with Crippen molar-refractivity contribution in [3.05, 3.63) is 0 Å². The lowest BCUT2D eigenvalue weighted by molar-refractivity contribution is -0.141. The van der Waals surface area contributed by atoms with E-state index in [1.165, 1.54) is 0 Å². The van der Waals surface area contributed by atoms with Gasteiger partial charge in [-0.2, -0.15) is 12.6 Å². The van der Waals surface area contributed by atoms with Crippen LogP contribution in [0, 0.1) is 5.92 Å². The zero-order chi connectivity index (χ0) is 22.0. The maximum absolute atomic E-state index is 12.5. The number of primary amides is 1. The predicted octanol–water partition coefficient (Wildman–Crippen LogP) is -3.69. The Balaban J connectivity index is 5.34. The molecule has 0 aromatic rings. The van der Waals surface area contributed by atoms with E-state index in [2.05, 4.69) is 28.6 Å². The zero-order valence-corrected chi connectivity index (χ0v) is 16.4. The standard InChI is InChI=1S/C15H27N5O7S/c1-6(2)11(20-12(23)7(16)4-21)14(25)18-8(3-10(17)22)13(24)19-9(5-28)15(26)27/h6-9,11,21,28H,3-5,16H2,1-2H3,(H2,17,22)(H,18,25)(H,19,24)(H,20,23)(H,26,27). The third-order valence-corrected chi connectivity index (χ3v) is 3.98. The van der Waals surface area contributed by atoms with E-state index in [4.69, 9.17) is 21.7 Å². The summed E-state index contributed by atoms with van der Waals surface area (Å²) in [5.41, 5.74) is 10.5. The molecule has 4 unspecified atom stereocenters. The lowest BCUT2D eigenvalue weighted by Crippen LogP contribution is -2.59. The van der Waals surface area contributed by atoms with Gasteiger partial charge < -0.3 is 37.6 Å². The third-order valence-electron chi connectivity index (χ3n) is 3.62. The minimum absolute atomic E-state index is 0.220. The Kier molecular flexibility index (Phi) is 11.1. The Bertz CT molecular complexity index is 601. The summed E-state index contributed by atoms with van der Waals surface area (Å²) in [6.07, 6.45) is -0.592.